The lowest BCUT2D eigenvalue weighted by Crippen LogP contribution is -2.03. The molecule has 0 aliphatic rings. The number of benzene rings is 2. The number of hydrogen-bond acceptors (Lipinski definition) is 7. The van der Waals surface area contributed by atoms with E-state index < -0.39 is 0 Å². The lowest BCUT2D eigenvalue weighted by molar-refractivity contribution is 0.324. The number of aromatic nitrogens is 2. The fraction of sp³-hybridized carbons (Fsp3) is 0.273. The molecule has 0 radical (unpaired) electrons. The summed E-state index contributed by atoms with van der Waals surface area (Å²) in [6.45, 7) is 5.98. The highest BCUT2D eigenvalue weighted by atomic mass is 16.5. The minimum Gasteiger partial charge on any atom is -0.493 e. The van der Waals surface area contributed by atoms with Crippen molar-refractivity contribution in [2.24, 2.45) is 0 Å². The van der Waals surface area contributed by atoms with E-state index in [2.05, 4.69) is 52.6 Å². The van der Waals surface area contributed by atoms with Gasteiger partial charge in [-0.05, 0) is 38.0 Å². The van der Waals surface area contributed by atoms with Gasteiger partial charge in [0.1, 0.15) is 17.5 Å². The van der Waals surface area contributed by atoms with Gasteiger partial charge in [0.2, 0.25) is 5.75 Å². The van der Waals surface area contributed by atoms with Crippen molar-refractivity contribution in [2.75, 3.05) is 32.0 Å². The Hall–Kier alpha value is -3.48. The molecule has 3 aromatic rings. The molecule has 3 rings (SSSR count). The van der Waals surface area contributed by atoms with Gasteiger partial charge in [-0.25, -0.2) is 9.97 Å². The zero-order chi connectivity index (χ0) is 21.0. The van der Waals surface area contributed by atoms with E-state index in [9.17, 15) is 0 Å². The summed E-state index contributed by atoms with van der Waals surface area (Å²) in [6.07, 6.45) is 0. The van der Waals surface area contributed by atoms with Crippen molar-refractivity contribution in [2.45, 2.75) is 20.8 Å². The molecule has 0 bridgehead atoms. The highest BCUT2D eigenvalue weighted by Crippen LogP contribution is 2.40. The van der Waals surface area contributed by atoms with Gasteiger partial charge in [-0.15, -0.1) is 0 Å². The Morgan fingerprint density at radius 1 is 0.724 bits per heavy atom. The summed E-state index contributed by atoms with van der Waals surface area (Å²) in [7, 11) is 4.75. The van der Waals surface area contributed by atoms with Crippen molar-refractivity contribution in [3.05, 3.63) is 53.3 Å². The van der Waals surface area contributed by atoms with E-state index in [1.807, 2.05) is 25.1 Å². The van der Waals surface area contributed by atoms with Crippen LogP contribution in [0.4, 0.5) is 23.0 Å². The third-order valence-electron chi connectivity index (χ3n) is 4.43. The number of ether oxygens (including phenoxy) is 3. The van der Waals surface area contributed by atoms with Gasteiger partial charge >= 0.3 is 0 Å². The SMILES string of the molecule is COc1cc(Nc2cc(Nc3cc(C)ccc3C)nc(C)n2)cc(OC)c1OC. The van der Waals surface area contributed by atoms with Crippen LogP contribution in [0.2, 0.25) is 0 Å². The average Bonchev–Trinajstić information content (AvgIpc) is 2.69. The average molecular weight is 394 g/mol. The van der Waals surface area contributed by atoms with Crippen LogP contribution >= 0.6 is 0 Å². The molecule has 0 unspecified atom stereocenters. The third kappa shape index (κ3) is 4.68. The summed E-state index contributed by atoms with van der Waals surface area (Å²) >= 11 is 0. The predicted octanol–water partition coefficient (Wildman–Crippen LogP) is 4.91. The number of nitrogens with one attached hydrogen (secondary N) is 2. The first-order valence-corrected chi connectivity index (χ1v) is 9.20. The van der Waals surface area contributed by atoms with Gasteiger partial charge in [0.15, 0.2) is 11.5 Å². The van der Waals surface area contributed by atoms with Crippen molar-refractivity contribution in [1.82, 2.24) is 9.97 Å². The fourth-order valence-electron chi connectivity index (χ4n) is 3.01. The second kappa shape index (κ2) is 8.68. The lowest BCUT2D eigenvalue weighted by atomic mass is 10.1. The van der Waals surface area contributed by atoms with Crippen molar-refractivity contribution < 1.29 is 14.2 Å². The minimum absolute atomic E-state index is 0.539. The van der Waals surface area contributed by atoms with Crippen molar-refractivity contribution >= 4 is 23.0 Å². The standard InChI is InChI=1S/C22H26N4O3/c1-13-7-8-14(2)17(9-13)26-21-12-20(23-15(3)24-21)25-16-10-18(27-4)22(29-6)19(11-16)28-5/h7-12H,1-6H3,(H2,23,24,25,26). The zero-order valence-electron chi connectivity index (χ0n) is 17.6. The second-order valence-electron chi connectivity index (χ2n) is 6.67. The quantitative estimate of drug-likeness (QED) is 0.589. The van der Waals surface area contributed by atoms with Gasteiger partial charge in [-0.1, -0.05) is 12.1 Å². The molecule has 0 saturated heterocycles. The van der Waals surface area contributed by atoms with Gasteiger partial charge in [0.05, 0.1) is 21.3 Å². The summed E-state index contributed by atoms with van der Waals surface area (Å²) < 4.78 is 16.2. The molecule has 0 fully saturated rings. The summed E-state index contributed by atoms with van der Waals surface area (Å²) in [5.41, 5.74) is 4.10. The maximum Gasteiger partial charge on any atom is 0.203 e. The molecule has 0 saturated carbocycles. The molecule has 0 amide bonds. The lowest BCUT2D eigenvalue weighted by Gasteiger charge is -2.16. The van der Waals surface area contributed by atoms with Gasteiger partial charge < -0.3 is 24.8 Å². The van der Waals surface area contributed by atoms with E-state index in [1.165, 1.54) is 5.56 Å². The monoisotopic (exact) mass is 394 g/mol. The molecular formula is C22H26N4O3. The topological polar surface area (TPSA) is 77.5 Å². The van der Waals surface area contributed by atoms with E-state index in [0.29, 0.717) is 34.7 Å². The first-order valence-electron chi connectivity index (χ1n) is 9.20. The van der Waals surface area contributed by atoms with Crippen LogP contribution in [0.3, 0.4) is 0 Å². The maximum absolute atomic E-state index is 5.42. The van der Waals surface area contributed by atoms with Crippen LogP contribution in [0, 0.1) is 20.8 Å². The largest absolute Gasteiger partial charge is 0.493 e. The zero-order valence-corrected chi connectivity index (χ0v) is 17.6. The number of hydrogen-bond donors (Lipinski definition) is 2. The van der Waals surface area contributed by atoms with E-state index in [4.69, 9.17) is 14.2 Å². The summed E-state index contributed by atoms with van der Waals surface area (Å²) in [5, 5.41) is 6.67. The number of methoxy groups -OCH3 is 3. The number of anilines is 4. The number of aryl methyl sites for hydroxylation is 3. The van der Waals surface area contributed by atoms with Crippen molar-refractivity contribution in [1.29, 1.82) is 0 Å². The minimum atomic E-state index is 0.539. The van der Waals surface area contributed by atoms with Gasteiger partial charge in [-0.2, -0.15) is 0 Å². The van der Waals surface area contributed by atoms with Crippen LogP contribution in [-0.4, -0.2) is 31.3 Å². The maximum atomic E-state index is 5.42. The summed E-state index contributed by atoms with van der Waals surface area (Å²) in [6, 6.07) is 11.8. The van der Waals surface area contributed by atoms with Gasteiger partial charge in [-0.3, -0.25) is 0 Å². The molecule has 2 N–H and O–H groups in total. The number of rotatable bonds is 7. The number of nitrogens with zero attached hydrogens (tertiary/aromatic N) is 2. The van der Waals surface area contributed by atoms with E-state index in [1.54, 1.807) is 21.3 Å². The van der Waals surface area contributed by atoms with Crippen molar-refractivity contribution in [3.8, 4) is 17.2 Å². The van der Waals surface area contributed by atoms with Crippen LogP contribution in [0.15, 0.2) is 36.4 Å². The molecule has 152 valence electrons. The van der Waals surface area contributed by atoms with E-state index in [-0.39, 0.29) is 0 Å². The molecule has 0 aliphatic carbocycles. The molecule has 7 heteroatoms. The Kier molecular flexibility index (Phi) is 6.07. The Balaban J connectivity index is 1.92. The smallest absolute Gasteiger partial charge is 0.203 e. The van der Waals surface area contributed by atoms with E-state index in [0.717, 1.165) is 16.9 Å². The third-order valence-corrected chi connectivity index (χ3v) is 4.43. The fourth-order valence-corrected chi connectivity index (χ4v) is 3.01. The normalized spacial score (nSPS) is 10.4. The summed E-state index contributed by atoms with van der Waals surface area (Å²) in [5.74, 6) is 3.68. The van der Waals surface area contributed by atoms with Crippen LogP contribution < -0.4 is 24.8 Å². The first kappa shape index (κ1) is 20.3. The highest BCUT2D eigenvalue weighted by molar-refractivity contribution is 5.69. The van der Waals surface area contributed by atoms with Crippen LogP contribution in [0.1, 0.15) is 17.0 Å². The van der Waals surface area contributed by atoms with Crippen LogP contribution in [0.5, 0.6) is 17.2 Å². The molecule has 1 heterocycles. The molecular weight excluding hydrogens is 368 g/mol. The Bertz CT molecular complexity index is 996. The van der Waals surface area contributed by atoms with Gasteiger partial charge in [0.25, 0.3) is 0 Å². The molecule has 0 aliphatic heterocycles. The Morgan fingerprint density at radius 3 is 1.93 bits per heavy atom. The highest BCUT2D eigenvalue weighted by Gasteiger charge is 2.14. The molecule has 7 nitrogen and oxygen atoms in total. The van der Waals surface area contributed by atoms with E-state index >= 15 is 0 Å². The van der Waals surface area contributed by atoms with Crippen molar-refractivity contribution in [3.63, 3.8) is 0 Å². The Labute approximate surface area is 171 Å². The Morgan fingerprint density at radius 2 is 1.34 bits per heavy atom. The van der Waals surface area contributed by atoms with Crippen LogP contribution in [0.25, 0.3) is 0 Å². The molecule has 2 aromatic carbocycles. The van der Waals surface area contributed by atoms with Gasteiger partial charge in [0, 0.05) is 29.6 Å². The predicted molar refractivity (Wildman–Crippen MR) is 115 cm³/mol. The summed E-state index contributed by atoms with van der Waals surface area (Å²) in [4.78, 5) is 8.99. The molecule has 0 spiro atoms. The molecule has 0 atom stereocenters. The van der Waals surface area contributed by atoms with Crippen LogP contribution in [-0.2, 0) is 0 Å². The molecule has 1 aromatic heterocycles. The first-order chi connectivity index (χ1) is 13.9. The molecule has 29 heavy (non-hydrogen) atoms. The second-order valence-corrected chi connectivity index (χ2v) is 6.67.